The lowest BCUT2D eigenvalue weighted by atomic mass is 10.1. The molecule has 2 rings (SSSR count). The summed E-state index contributed by atoms with van der Waals surface area (Å²) >= 11 is 0. The molecule has 2 aromatic carbocycles. The highest BCUT2D eigenvalue weighted by Crippen LogP contribution is 2.26. The lowest BCUT2D eigenvalue weighted by molar-refractivity contribution is 0.0942. The van der Waals surface area contributed by atoms with Crippen molar-refractivity contribution in [3.05, 3.63) is 60.2 Å². The van der Waals surface area contributed by atoms with E-state index in [1.165, 1.54) is 37.4 Å². The number of nitrogens with one attached hydrogen (secondary N) is 2. The van der Waals surface area contributed by atoms with E-state index in [1.54, 1.807) is 12.1 Å². The first kappa shape index (κ1) is 15.2. The number of aromatic hydroxyl groups is 2. The quantitative estimate of drug-likeness (QED) is 0.634. The van der Waals surface area contributed by atoms with Crippen LogP contribution in [0.2, 0.25) is 0 Å². The number of phenols is 2. The molecule has 0 atom stereocenters. The number of carbonyl (C=O) groups is 1. The molecule has 0 radical (unpaired) electrons. The molecule has 114 valence electrons. The number of carbonyl (C=O) groups excluding carboxylic acids is 1. The summed E-state index contributed by atoms with van der Waals surface area (Å²) in [6.45, 7) is 3.75. The maximum atomic E-state index is 11.9. The van der Waals surface area contributed by atoms with Crippen LogP contribution >= 0.6 is 0 Å². The van der Waals surface area contributed by atoms with E-state index in [-0.39, 0.29) is 11.5 Å². The molecule has 2 aromatic rings. The number of benzene rings is 2. The van der Waals surface area contributed by atoms with Crippen molar-refractivity contribution in [2.75, 3.05) is 7.11 Å². The molecular weight excluding hydrogens is 284 g/mol. The van der Waals surface area contributed by atoms with Gasteiger partial charge in [0.05, 0.1) is 12.8 Å². The Labute approximate surface area is 127 Å². The van der Waals surface area contributed by atoms with Gasteiger partial charge in [-0.05, 0) is 36.4 Å². The summed E-state index contributed by atoms with van der Waals surface area (Å²) in [7, 11) is 1.50. The standard InChI is InChI=1S/C16H16N2O4/c1-10(14-8-7-13(22-2)9-15(14)20)17-18-16(21)11-3-5-12(19)6-4-11/h3-9,17,19-20H,1H2,2H3,(H,18,21). The van der Waals surface area contributed by atoms with Gasteiger partial charge in [-0.1, -0.05) is 6.58 Å². The van der Waals surface area contributed by atoms with Gasteiger partial charge in [-0.25, -0.2) is 0 Å². The fourth-order valence-electron chi connectivity index (χ4n) is 1.78. The van der Waals surface area contributed by atoms with E-state index in [9.17, 15) is 15.0 Å². The molecule has 0 aliphatic carbocycles. The molecule has 0 unspecified atom stereocenters. The summed E-state index contributed by atoms with van der Waals surface area (Å²) in [5.74, 6) is 0.184. The average Bonchev–Trinajstić information content (AvgIpc) is 2.52. The van der Waals surface area contributed by atoms with Gasteiger partial charge in [0.25, 0.3) is 5.91 Å². The minimum absolute atomic E-state index is 0.0178. The Morgan fingerprint density at radius 3 is 2.36 bits per heavy atom. The summed E-state index contributed by atoms with van der Waals surface area (Å²) in [5.41, 5.74) is 6.23. The zero-order valence-electron chi connectivity index (χ0n) is 12.0. The van der Waals surface area contributed by atoms with Crippen molar-refractivity contribution in [2.24, 2.45) is 0 Å². The highest BCUT2D eigenvalue weighted by molar-refractivity contribution is 5.94. The molecule has 4 N–H and O–H groups in total. The molecule has 0 heterocycles. The molecule has 1 amide bonds. The number of phenolic OH excluding ortho intramolecular Hbond substituents is 2. The van der Waals surface area contributed by atoms with Crippen LogP contribution in [0.1, 0.15) is 15.9 Å². The van der Waals surface area contributed by atoms with Gasteiger partial charge in [-0.15, -0.1) is 0 Å². The number of hydrogen-bond donors (Lipinski definition) is 4. The van der Waals surface area contributed by atoms with Crippen LogP contribution in [0, 0.1) is 0 Å². The fourth-order valence-corrected chi connectivity index (χ4v) is 1.78. The Morgan fingerprint density at radius 1 is 1.09 bits per heavy atom. The maximum absolute atomic E-state index is 11.9. The molecule has 6 heteroatoms. The predicted octanol–water partition coefficient (Wildman–Crippen LogP) is 2.01. The Balaban J connectivity index is 2.00. The SMILES string of the molecule is C=C(NNC(=O)c1ccc(O)cc1)c1ccc(OC)cc1O. The molecule has 0 spiro atoms. The summed E-state index contributed by atoms with van der Waals surface area (Å²) < 4.78 is 5.00. The smallest absolute Gasteiger partial charge is 0.269 e. The van der Waals surface area contributed by atoms with Crippen LogP contribution in [0.4, 0.5) is 0 Å². The van der Waals surface area contributed by atoms with Gasteiger partial charge in [0.2, 0.25) is 0 Å². The first-order valence-electron chi connectivity index (χ1n) is 6.43. The average molecular weight is 300 g/mol. The molecular formula is C16H16N2O4. The van der Waals surface area contributed by atoms with Gasteiger partial charge in [0, 0.05) is 17.2 Å². The first-order valence-corrected chi connectivity index (χ1v) is 6.43. The largest absolute Gasteiger partial charge is 0.508 e. The topological polar surface area (TPSA) is 90.8 Å². The van der Waals surface area contributed by atoms with Crippen molar-refractivity contribution in [1.29, 1.82) is 0 Å². The van der Waals surface area contributed by atoms with Crippen molar-refractivity contribution >= 4 is 11.6 Å². The highest BCUT2D eigenvalue weighted by atomic mass is 16.5. The monoisotopic (exact) mass is 300 g/mol. The summed E-state index contributed by atoms with van der Waals surface area (Å²) in [5, 5.41) is 19.1. The van der Waals surface area contributed by atoms with Crippen molar-refractivity contribution in [3.8, 4) is 17.2 Å². The van der Waals surface area contributed by atoms with E-state index in [1.807, 2.05) is 0 Å². The van der Waals surface area contributed by atoms with Gasteiger partial charge in [-0.2, -0.15) is 0 Å². The third-order valence-electron chi connectivity index (χ3n) is 2.99. The van der Waals surface area contributed by atoms with Crippen molar-refractivity contribution < 1.29 is 19.7 Å². The summed E-state index contributed by atoms with van der Waals surface area (Å²) in [4.78, 5) is 11.9. The molecule has 6 nitrogen and oxygen atoms in total. The van der Waals surface area contributed by atoms with Gasteiger partial charge in [0.1, 0.15) is 17.2 Å². The summed E-state index contributed by atoms with van der Waals surface area (Å²) in [6.07, 6.45) is 0. The molecule has 0 fully saturated rings. The fraction of sp³-hybridized carbons (Fsp3) is 0.0625. The number of ether oxygens (including phenoxy) is 1. The van der Waals surface area contributed by atoms with Crippen LogP contribution in [0.15, 0.2) is 49.0 Å². The molecule has 0 aliphatic heterocycles. The molecule has 0 saturated heterocycles. The Bertz CT molecular complexity index is 696. The first-order chi connectivity index (χ1) is 10.5. The second-order valence-corrected chi connectivity index (χ2v) is 4.49. The van der Waals surface area contributed by atoms with Crippen molar-refractivity contribution in [3.63, 3.8) is 0 Å². The third-order valence-corrected chi connectivity index (χ3v) is 2.99. The number of amides is 1. The minimum atomic E-state index is -0.394. The normalized spacial score (nSPS) is 9.86. The van der Waals surface area contributed by atoms with Gasteiger partial charge >= 0.3 is 0 Å². The molecule has 0 aliphatic rings. The van der Waals surface area contributed by atoms with Crippen LogP contribution in [0.5, 0.6) is 17.2 Å². The van der Waals surface area contributed by atoms with Crippen LogP contribution in [-0.2, 0) is 0 Å². The van der Waals surface area contributed by atoms with E-state index >= 15 is 0 Å². The Morgan fingerprint density at radius 2 is 1.77 bits per heavy atom. The zero-order chi connectivity index (χ0) is 16.1. The Hall–Kier alpha value is -3.15. The van der Waals surface area contributed by atoms with Crippen molar-refractivity contribution in [1.82, 2.24) is 10.9 Å². The van der Waals surface area contributed by atoms with Gasteiger partial charge in [0.15, 0.2) is 0 Å². The lowest BCUT2D eigenvalue weighted by Crippen LogP contribution is -2.35. The number of methoxy groups -OCH3 is 1. The molecule has 22 heavy (non-hydrogen) atoms. The Kier molecular flexibility index (Phi) is 4.53. The summed E-state index contributed by atoms with van der Waals surface area (Å²) in [6, 6.07) is 10.5. The van der Waals surface area contributed by atoms with Gasteiger partial charge < -0.3 is 14.9 Å². The highest BCUT2D eigenvalue weighted by Gasteiger charge is 2.09. The van der Waals surface area contributed by atoms with E-state index in [4.69, 9.17) is 4.74 Å². The van der Waals surface area contributed by atoms with Crippen LogP contribution in [0.3, 0.4) is 0 Å². The number of rotatable bonds is 5. The van der Waals surface area contributed by atoms with Crippen LogP contribution in [-0.4, -0.2) is 23.2 Å². The van der Waals surface area contributed by atoms with Gasteiger partial charge in [-0.3, -0.25) is 15.6 Å². The van der Waals surface area contributed by atoms with Crippen molar-refractivity contribution in [2.45, 2.75) is 0 Å². The van der Waals surface area contributed by atoms with E-state index in [0.717, 1.165) is 0 Å². The maximum Gasteiger partial charge on any atom is 0.269 e. The number of hydrogen-bond acceptors (Lipinski definition) is 5. The number of hydrazine groups is 1. The van der Waals surface area contributed by atoms with E-state index < -0.39 is 5.91 Å². The second kappa shape index (κ2) is 6.53. The second-order valence-electron chi connectivity index (χ2n) is 4.49. The van der Waals surface area contributed by atoms with E-state index in [2.05, 4.69) is 17.4 Å². The molecule has 0 aromatic heterocycles. The predicted molar refractivity (Wildman–Crippen MR) is 82.4 cm³/mol. The van der Waals surface area contributed by atoms with Crippen LogP contribution < -0.4 is 15.6 Å². The zero-order valence-corrected chi connectivity index (χ0v) is 12.0. The van der Waals surface area contributed by atoms with E-state index in [0.29, 0.717) is 22.6 Å². The lowest BCUT2D eigenvalue weighted by Gasteiger charge is -2.13. The molecule has 0 saturated carbocycles. The molecule has 0 bridgehead atoms. The third kappa shape index (κ3) is 3.49. The minimum Gasteiger partial charge on any atom is -0.508 e. The van der Waals surface area contributed by atoms with Crippen LogP contribution in [0.25, 0.3) is 5.70 Å².